The highest BCUT2D eigenvalue weighted by molar-refractivity contribution is 7.99. The number of aryl methyl sites for hydroxylation is 1. The summed E-state index contributed by atoms with van der Waals surface area (Å²) in [6, 6.07) is 7.67. The van der Waals surface area contributed by atoms with Crippen molar-refractivity contribution in [2.45, 2.75) is 49.2 Å². The van der Waals surface area contributed by atoms with Crippen molar-refractivity contribution < 1.29 is 4.79 Å². The Kier molecular flexibility index (Phi) is 3.87. The third-order valence-corrected chi connectivity index (χ3v) is 4.54. The van der Waals surface area contributed by atoms with Gasteiger partial charge in [-0.1, -0.05) is 18.6 Å². The fourth-order valence-electron chi connectivity index (χ4n) is 2.40. The Morgan fingerprint density at radius 2 is 1.95 bits per heavy atom. The number of nitrogens with zero attached hydrogens (tertiary/aromatic N) is 3. The number of carbonyl (C=O) groups is 1. The molecule has 0 fully saturated rings. The lowest BCUT2D eigenvalue weighted by Crippen LogP contribution is -2.02. The second kappa shape index (κ2) is 5.79. The minimum Gasteiger partial charge on any atom is -0.306 e. The number of carbonyl (C=O) groups excluding carboxylic acids is 1. The SMILES string of the molecule is CC(=O)c1ccc(Sc2nnc3n2CCCCC3)cc1. The van der Waals surface area contributed by atoms with Crippen LogP contribution in [0, 0.1) is 0 Å². The number of rotatable bonds is 3. The number of benzene rings is 1. The monoisotopic (exact) mass is 287 g/mol. The lowest BCUT2D eigenvalue weighted by molar-refractivity contribution is 0.101. The Bertz CT molecular complexity index is 619. The summed E-state index contributed by atoms with van der Waals surface area (Å²) in [7, 11) is 0. The molecular formula is C15H17N3OS. The zero-order valence-electron chi connectivity index (χ0n) is 11.5. The van der Waals surface area contributed by atoms with Gasteiger partial charge in [0.1, 0.15) is 5.82 Å². The summed E-state index contributed by atoms with van der Waals surface area (Å²) in [6.45, 7) is 2.59. The first-order valence-corrected chi connectivity index (χ1v) is 7.76. The molecule has 4 nitrogen and oxygen atoms in total. The van der Waals surface area contributed by atoms with Crippen molar-refractivity contribution in [3.8, 4) is 0 Å². The summed E-state index contributed by atoms with van der Waals surface area (Å²) in [5.41, 5.74) is 0.745. The van der Waals surface area contributed by atoms with E-state index in [1.807, 2.05) is 24.3 Å². The topological polar surface area (TPSA) is 47.8 Å². The van der Waals surface area contributed by atoms with E-state index in [1.165, 1.54) is 19.3 Å². The van der Waals surface area contributed by atoms with Gasteiger partial charge in [0, 0.05) is 23.4 Å². The minimum absolute atomic E-state index is 0.0953. The van der Waals surface area contributed by atoms with E-state index in [-0.39, 0.29) is 5.78 Å². The van der Waals surface area contributed by atoms with E-state index in [0.717, 1.165) is 34.4 Å². The van der Waals surface area contributed by atoms with E-state index in [2.05, 4.69) is 14.8 Å². The number of Topliss-reactive ketones (excluding diaryl/α,β-unsaturated/α-hetero) is 1. The van der Waals surface area contributed by atoms with E-state index in [4.69, 9.17) is 0 Å². The highest BCUT2D eigenvalue weighted by atomic mass is 32.2. The van der Waals surface area contributed by atoms with Gasteiger partial charge in [0.05, 0.1) is 0 Å². The van der Waals surface area contributed by atoms with Crippen LogP contribution in [0.4, 0.5) is 0 Å². The molecule has 0 N–H and O–H groups in total. The molecule has 0 bridgehead atoms. The zero-order chi connectivity index (χ0) is 13.9. The molecule has 0 aliphatic carbocycles. The third-order valence-electron chi connectivity index (χ3n) is 3.55. The van der Waals surface area contributed by atoms with Crippen LogP contribution < -0.4 is 0 Å². The molecule has 1 aromatic carbocycles. The highest BCUT2D eigenvalue weighted by Crippen LogP contribution is 2.28. The number of fused-ring (bicyclic) bond motifs is 1. The van der Waals surface area contributed by atoms with Crippen LogP contribution in [0.5, 0.6) is 0 Å². The summed E-state index contributed by atoms with van der Waals surface area (Å²) in [6.07, 6.45) is 4.69. The van der Waals surface area contributed by atoms with Gasteiger partial charge in [-0.2, -0.15) is 0 Å². The van der Waals surface area contributed by atoms with Gasteiger partial charge in [0.25, 0.3) is 0 Å². The van der Waals surface area contributed by atoms with Crippen molar-refractivity contribution in [3.63, 3.8) is 0 Å². The number of aromatic nitrogens is 3. The summed E-state index contributed by atoms with van der Waals surface area (Å²) >= 11 is 1.62. The highest BCUT2D eigenvalue weighted by Gasteiger charge is 2.15. The van der Waals surface area contributed by atoms with Gasteiger partial charge in [-0.3, -0.25) is 4.79 Å². The maximum absolute atomic E-state index is 11.3. The average Bonchev–Trinajstić information content (AvgIpc) is 2.69. The van der Waals surface area contributed by atoms with Crippen molar-refractivity contribution >= 4 is 17.5 Å². The van der Waals surface area contributed by atoms with Crippen molar-refractivity contribution in [1.82, 2.24) is 14.8 Å². The quantitative estimate of drug-likeness (QED) is 0.812. The molecule has 0 amide bonds. The fraction of sp³-hybridized carbons (Fsp3) is 0.400. The summed E-state index contributed by atoms with van der Waals surface area (Å²) in [5.74, 6) is 1.20. The molecule has 1 aliphatic rings. The van der Waals surface area contributed by atoms with Crippen molar-refractivity contribution in [2.75, 3.05) is 0 Å². The Labute approximate surface area is 122 Å². The molecule has 0 radical (unpaired) electrons. The largest absolute Gasteiger partial charge is 0.306 e. The van der Waals surface area contributed by atoms with Crippen LogP contribution in [-0.4, -0.2) is 20.5 Å². The maximum atomic E-state index is 11.3. The van der Waals surface area contributed by atoms with E-state index in [9.17, 15) is 4.79 Å². The maximum Gasteiger partial charge on any atom is 0.196 e. The molecular weight excluding hydrogens is 270 g/mol. The molecule has 1 aromatic heterocycles. The smallest absolute Gasteiger partial charge is 0.196 e. The van der Waals surface area contributed by atoms with Crippen LogP contribution in [0.15, 0.2) is 34.3 Å². The number of hydrogen-bond donors (Lipinski definition) is 0. The van der Waals surface area contributed by atoms with Crippen LogP contribution in [0.25, 0.3) is 0 Å². The molecule has 0 atom stereocenters. The third kappa shape index (κ3) is 2.77. The van der Waals surface area contributed by atoms with E-state index >= 15 is 0 Å². The molecule has 0 saturated heterocycles. The van der Waals surface area contributed by atoms with Gasteiger partial charge in [0.15, 0.2) is 10.9 Å². The first-order chi connectivity index (χ1) is 9.74. The minimum atomic E-state index is 0.0953. The predicted molar refractivity (Wildman–Crippen MR) is 78.1 cm³/mol. The van der Waals surface area contributed by atoms with Crippen molar-refractivity contribution in [1.29, 1.82) is 0 Å². The van der Waals surface area contributed by atoms with Crippen LogP contribution in [0.1, 0.15) is 42.4 Å². The van der Waals surface area contributed by atoms with E-state index < -0.39 is 0 Å². The molecule has 5 heteroatoms. The average molecular weight is 287 g/mol. The Balaban J connectivity index is 1.81. The molecule has 20 heavy (non-hydrogen) atoms. The summed E-state index contributed by atoms with van der Waals surface area (Å²) in [5, 5.41) is 9.55. The molecule has 0 spiro atoms. The van der Waals surface area contributed by atoms with Gasteiger partial charge in [-0.15, -0.1) is 10.2 Å². The number of ketones is 1. The van der Waals surface area contributed by atoms with Gasteiger partial charge in [-0.25, -0.2) is 0 Å². The summed E-state index contributed by atoms with van der Waals surface area (Å²) < 4.78 is 2.23. The van der Waals surface area contributed by atoms with E-state index in [0.29, 0.717) is 0 Å². The van der Waals surface area contributed by atoms with Crippen LogP contribution >= 0.6 is 11.8 Å². The molecule has 2 heterocycles. The molecule has 2 aromatic rings. The Hall–Kier alpha value is -1.62. The van der Waals surface area contributed by atoms with Crippen LogP contribution in [-0.2, 0) is 13.0 Å². The van der Waals surface area contributed by atoms with Gasteiger partial charge in [-0.05, 0) is 43.7 Å². The Morgan fingerprint density at radius 3 is 2.70 bits per heavy atom. The van der Waals surface area contributed by atoms with Crippen LogP contribution in [0.3, 0.4) is 0 Å². The second-order valence-corrected chi connectivity index (χ2v) is 6.08. The lowest BCUT2D eigenvalue weighted by atomic mass is 10.2. The van der Waals surface area contributed by atoms with Crippen molar-refractivity contribution in [2.24, 2.45) is 0 Å². The number of hydrogen-bond acceptors (Lipinski definition) is 4. The second-order valence-electron chi connectivity index (χ2n) is 5.04. The Morgan fingerprint density at radius 1 is 1.15 bits per heavy atom. The van der Waals surface area contributed by atoms with Gasteiger partial charge >= 0.3 is 0 Å². The first-order valence-electron chi connectivity index (χ1n) is 6.95. The molecule has 1 aliphatic heterocycles. The molecule has 0 unspecified atom stereocenters. The predicted octanol–water partition coefficient (Wildman–Crippen LogP) is 3.36. The fourth-order valence-corrected chi connectivity index (χ4v) is 3.27. The molecule has 0 saturated carbocycles. The van der Waals surface area contributed by atoms with E-state index in [1.54, 1.807) is 18.7 Å². The molecule has 104 valence electrons. The standard InChI is InChI=1S/C15H17N3OS/c1-11(19)12-6-8-13(9-7-12)20-15-17-16-14-5-3-2-4-10-18(14)15/h6-9H,2-5,10H2,1H3. The zero-order valence-corrected chi connectivity index (χ0v) is 12.3. The normalized spacial score (nSPS) is 14.7. The van der Waals surface area contributed by atoms with Crippen LogP contribution in [0.2, 0.25) is 0 Å². The van der Waals surface area contributed by atoms with Gasteiger partial charge < -0.3 is 4.57 Å². The summed E-state index contributed by atoms with van der Waals surface area (Å²) in [4.78, 5) is 12.4. The molecule has 3 rings (SSSR count). The first kappa shape index (κ1) is 13.4. The van der Waals surface area contributed by atoms with Crippen molar-refractivity contribution in [3.05, 3.63) is 35.7 Å². The van der Waals surface area contributed by atoms with Gasteiger partial charge in [0.2, 0.25) is 0 Å². The lowest BCUT2D eigenvalue weighted by Gasteiger charge is -2.06.